The first-order valence-electron chi connectivity index (χ1n) is 23.4. The van der Waals surface area contributed by atoms with Gasteiger partial charge in [-0.2, -0.15) is 18.4 Å². The van der Waals surface area contributed by atoms with Crippen molar-refractivity contribution in [1.29, 1.82) is 5.26 Å². The van der Waals surface area contributed by atoms with Crippen molar-refractivity contribution >= 4 is 49.3 Å². The van der Waals surface area contributed by atoms with Crippen LogP contribution in [-0.2, 0) is 17.0 Å². The van der Waals surface area contributed by atoms with Gasteiger partial charge in [0.05, 0.1) is 51.6 Å². The number of halogens is 3. The highest BCUT2D eigenvalue weighted by Crippen LogP contribution is 2.56. The molecule has 4 nitrogen and oxygen atoms in total. The molecule has 0 amide bonds. The number of alkyl halides is 3. The van der Waals surface area contributed by atoms with Crippen molar-refractivity contribution < 1.29 is 13.2 Å². The summed E-state index contributed by atoms with van der Waals surface area (Å²) in [6.07, 6.45) is -4.62. The molecule has 0 saturated carbocycles. The number of benzene rings is 9. The highest BCUT2D eigenvalue weighted by atomic mass is 19.4. The number of fused-ring (bicyclic) bond motifs is 14. The lowest BCUT2D eigenvalue weighted by atomic mass is 9.80. The van der Waals surface area contributed by atoms with Crippen molar-refractivity contribution in [2.45, 2.75) is 44.7 Å². The lowest BCUT2D eigenvalue weighted by molar-refractivity contribution is -0.137. The zero-order chi connectivity index (χ0) is 48.0. The second-order valence-corrected chi connectivity index (χ2v) is 19.7. The fourth-order valence-electron chi connectivity index (χ4n) is 12.4. The van der Waals surface area contributed by atoms with Crippen LogP contribution in [0, 0.1) is 17.9 Å². The van der Waals surface area contributed by atoms with E-state index in [9.17, 15) is 18.4 Å². The molecule has 0 aliphatic heterocycles. The van der Waals surface area contributed by atoms with E-state index in [1.165, 1.54) is 50.6 Å². The molecule has 0 radical (unpaired) electrons. The number of rotatable bonds is 4. The van der Waals surface area contributed by atoms with Gasteiger partial charge in [0.15, 0.2) is 5.69 Å². The SMILES string of the molecule is [C-]#[N+]c1cc(C(F)(F)F)ccc1-c1ccc(-n2c3ccccc3c3c4c(ccc32)-c2ccccc2C4(C)C)c(-c2cc(C#N)ccc2-n2c3ccccc3c3c4c(ccc32)-c2ccccc2C4(C)C)c1. The molecule has 0 fully saturated rings. The molecule has 0 N–H and O–H groups in total. The van der Waals surface area contributed by atoms with Crippen LogP contribution in [0.5, 0.6) is 0 Å². The molecule has 2 aliphatic carbocycles. The summed E-state index contributed by atoms with van der Waals surface area (Å²) in [6.45, 7) is 17.3. The minimum Gasteiger partial charge on any atom is -0.309 e. The van der Waals surface area contributed by atoms with Crippen molar-refractivity contribution in [3.05, 3.63) is 221 Å². The van der Waals surface area contributed by atoms with Crippen LogP contribution >= 0.6 is 0 Å². The third-order valence-electron chi connectivity index (χ3n) is 15.4. The van der Waals surface area contributed by atoms with E-state index in [1.54, 1.807) is 0 Å². The molecular weight excluding hydrogens is 870 g/mol. The van der Waals surface area contributed by atoms with Crippen molar-refractivity contribution in [2.75, 3.05) is 0 Å². The maximum absolute atomic E-state index is 14.1. The molecule has 2 aliphatic rings. The van der Waals surface area contributed by atoms with Crippen LogP contribution in [0.15, 0.2) is 176 Å². The molecule has 2 aromatic heterocycles. The monoisotopic (exact) mass is 910 g/mol. The topological polar surface area (TPSA) is 38.0 Å². The second kappa shape index (κ2) is 14.4. The van der Waals surface area contributed by atoms with E-state index in [-0.39, 0.29) is 16.5 Å². The Morgan fingerprint density at radius 2 is 0.971 bits per heavy atom. The van der Waals surface area contributed by atoms with Gasteiger partial charge in [-0.25, -0.2) is 4.85 Å². The number of nitriles is 1. The maximum Gasteiger partial charge on any atom is 0.415 e. The highest BCUT2D eigenvalue weighted by molar-refractivity contribution is 6.16. The summed E-state index contributed by atoms with van der Waals surface area (Å²) in [7, 11) is 0. The van der Waals surface area contributed by atoms with E-state index >= 15 is 0 Å². The third kappa shape index (κ3) is 5.58. The molecule has 0 saturated heterocycles. The van der Waals surface area contributed by atoms with Crippen molar-refractivity contribution in [3.63, 3.8) is 0 Å². The van der Waals surface area contributed by atoms with Crippen LogP contribution in [0.4, 0.5) is 18.9 Å². The van der Waals surface area contributed by atoms with Gasteiger partial charge in [-0.1, -0.05) is 143 Å². The first kappa shape index (κ1) is 41.5. The predicted molar refractivity (Wildman–Crippen MR) is 277 cm³/mol. The number of nitrogens with zero attached hydrogens (tertiary/aromatic N) is 4. The van der Waals surface area contributed by atoms with E-state index in [4.69, 9.17) is 6.57 Å². The molecule has 70 heavy (non-hydrogen) atoms. The summed E-state index contributed by atoms with van der Waals surface area (Å²) < 4.78 is 47.0. The minimum absolute atomic E-state index is 0.103. The number of hydrogen-bond acceptors (Lipinski definition) is 1. The molecule has 7 heteroatoms. The number of para-hydroxylation sites is 2. The van der Waals surface area contributed by atoms with Crippen LogP contribution in [0.2, 0.25) is 0 Å². The summed E-state index contributed by atoms with van der Waals surface area (Å²) in [6, 6.07) is 60.6. The van der Waals surface area contributed by atoms with E-state index in [0.717, 1.165) is 78.2 Å². The number of hydrogen-bond donors (Lipinski definition) is 0. The van der Waals surface area contributed by atoms with E-state index in [1.807, 2.05) is 42.5 Å². The van der Waals surface area contributed by atoms with E-state index in [2.05, 4.69) is 163 Å². The first-order valence-corrected chi connectivity index (χ1v) is 23.4. The Bertz CT molecular complexity index is 4200. The van der Waals surface area contributed by atoms with Gasteiger partial charge in [0, 0.05) is 49.1 Å². The quantitative estimate of drug-likeness (QED) is 0.162. The lowest BCUT2D eigenvalue weighted by Gasteiger charge is -2.23. The van der Waals surface area contributed by atoms with Crippen molar-refractivity contribution in [3.8, 4) is 62.0 Å². The Kier molecular flexibility index (Phi) is 8.56. The third-order valence-corrected chi connectivity index (χ3v) is 15.4. The molecule has 11 aromatic rings. The van der Waals surface area contributed by atoms with E-state index in [0.29, 0.717) is 16.7 Å². The van der Waals surface area contributed by atoms with Gasteiger partial charge in [0.2, 0.25) is 0 Å². The predicted octanol–water partition coefficient (Wildman–Crippen LogP) is 17.3. The summed E-state index contributed by atoms with van der Waals surface area (Å²) in [5.41, 5.74) is 16.8. The highest BCUT2D eigenvalue weighted by Gasteiger charge is 2.40. The summed E-state index contributed by atoms with van der Waals surface area (Å²) in [5.74, 6) is 0. The summed E-state index contributed by atoms with van der Waals surface area (Å²) in [5, 5.41) is 15.2. The normalized spacial score (nSPS) is 14.1. The van der Waals surface area contributed by atoms with Gasteiger partial charge in [0.25, 0.3) is 0 Å². The summed E-state index contributed by atoms with van der Waals surface area (Å²) >= 11 is 0. The summed E-state index contributed by atoms with van der Waals surface area (Å²) in [4.78, 5) is 3.65. The van der Waals surface area contributed by atoms with Gasteiger partial charge in [-0.15, -0.1) is 0 Å². The van der Waals surface area contributed by atoms with Gasteiger partial charge >= 0.3 is 6.18 Å². The second-order valence-electron chi connectivity index (χ2n) is 19.7. The fourth-order valence-corrected chi connectivity index (χ4v) is 12.4. The Labute approximate surface area is 402 Å². The zero-order valence-corrected chi connectivity index (χ0v) is 38.7. The fraction of sp³-hybridized carbons (Fsp3) is 0.111. The maximum atomic E-state index is 14.1. The molecule has 2 heterocycles. The zero-order valence-electron chi connectivity index (χ0n) is 38.7. The average molecular weight is 911 g/mol. The van der Waals surface area contributed by atoms with Gasteiger partial charge in [0.1, 0.15) is 0 Å². The molecule has 13 rings (SSSR count). The van der Waals surface area contributed by atoms with Crippen LogP contribution in [0.3, 0.4) is 0 Å². The Morgan fingerprint density at radius 3 is 1.50 bits per heavy atom. The minimum atomic E-state index is -4.62. The van der Waals surface area contributed by atoms with Crippen LogP contribution in [0.25, 0.3) is 104 Å². The standard InChI is InChI=1S/C63H41F3N4/c1-61(2)48-18-10-6-14-40(48)42-26-30-55-57(59(42)61)44-16-8-12-20-51(44)69(55)53-28-22-36(35-67)32-46(53)47-33-37(39-25-24-38(63(64,65)66)34-50(39)68-5)23-29-54(47)70-52-21-13-9-17-45(52)58-56(70)31-27-43-41-15-7-11-19-49(41)62(3,4)60(43)58/h6-34H,1-4H3. The van der Waals surface area contributed by atoms with E-state index < -0.39 is 11.7 Å². The van der Waals surface area contributed by atoms with Gasteiger partial charge in [-0.3, -0.25) is 0 Å². The Hall–Kier alpha value is -8.65. The van der Waals surface area contributed by atoms with Crippen molar-refractivity contribution in [1.82, 2.24) is 9.13 Å². The molecule has 0 bridgehead atoms. The Morgan fingerprint density at radius 1 is 0.486 bits per heavy atom. The van der Waals surface area contributed by atoms with Gasteiger partial charge < -0.3 is 9.13 Å². The molecule has 0 spiro atoms. The molecule has 0 atom stereocenters. The molecular formula is C63H41F3N4. The van der Waals surface area contributed by atoms with Crippen molar-refractivity contribution in [2.24, 2.45) is 0 Å². The van der Waals surface area contributed by atoms with Crippen LogP contribution in [0.1, 0.15) is 61.1 Å². The largest absolute Gasteiger partial charge is 0.415 e. The average Bonchev–Trinajstić information content (AvgIpc) is 4.04. The van der Waals surface area contributed by atoms with Gasteiger partial charge in [-0.05, 0) is 116 Å². The van der Waals surface area contributed by atoms with Crippen LogP contribution in [-0.4, -0.2) is 9.13 Å². The van der Waals surface area contributed by atoms with Crippen LogP contribution < -0.4 is 0 Å². The lowest BCUT2D eigenvalue weighted by Crippen LogP contribution is -2.15. The molecule has 0 unspecified atom stereocenters. The molecule has 334 valence electrons. The smallest absolute Gasteiger partial charge is 0.309 e. The first-order chi connectivity index (χ1) is 33.8. The number of aromatic nitrogens is 2. The Balaban J connectivity index is 1.15. The molecule has 9 aromatic carbocycles.